The van der Waals surface area contributed by atoms with Crippen LogP contribution in [0.1, 0.15) is 23.6 Å². The lowest BCUT2D eigenvalue weighted by molar-refractivity contribution is 0.353. The molecule has 1 N–H and O–H groups in total. The van der Waals surface area contributed by atoms with E-state index in [2.05, 4.69) is 17.4 Å². The number of ether oxygens (including phenoxy) is 2. The molecule has 0 aromatic heterocycles. The van der Waals surface area contributed by atoms with E-state index in [1.165, 1.54) is 16.9 Å². The number of hydrogen-bond acceptors (Lipinski definition) is 4. The van der Waals surface area contributed by atoms with Crippen LogP contribution in [0.3, 0.4) is 0 Å². The van der Waals surface area contributed by atoms with Gasteiger partial charge in [-0.2, -0.15) is 11.8 Å². The third-order valence-electron chi connectivity index (χ3n) is 3.18. The van der Waals surface area contributed by atoms with Gasteiger partial charge < -0.3 is 14.8 Å². The highest BCUT2D eigenvalue weighted by atomic mass is 32.2. The van der Waals surface area contributed by atoms with Gasteiger partial charge in [-0.15, -0.1) is 0 Å². The van der Waals surface area contributed by atoms with Gasteiger partial charge in [0.05, 0.1) is 14.2 Å². The molecule has 3 nitrogen and oxygen atoms in total. The quantitative estimate of drug-likeness (QED) is 0.897. The number of nitrogens with one attached hydrogen (secondary N) is 1. The second-order valence-electron chi connectivity index (χ2n) is 4.09. The topological polar surface area (TPSA) is 30.5 Å². The Balaban J connectivity index is 2.47. The lowest BCUT2D eigenvalue weighted by atomic mass is 9.98. The highest BCUT2D eigenvalue weighted by Crippen LogP contribution is 2.38. The van der Waals surface area contributed by atoms with Crippen molar-refractivity contribution >= 4 is 11.8 Å². The van der Waals surface area contributed by atoms with E-state index in [-0.39, 0.29) is 0 Å². The fourth-order valence-electron chi connectivity index (χ4n) is 2.22. The summed E-state index contributed by atoms with van der Waals surface area (Å²) in [5.74, 6) is 3.88. The zero-order valence-corrected chi connectivity index (χ0v) is 11.4. The van der Waals surface area contributed by atoms with Gasteiger partial charge in [-0.1, -0.05) is 0 Å². The molecule has 2 rings (SSSR count). The van der Waals surface area contributed by atoms with Gasteiger partial charge in [0.25, 0.3) is 0 Å². The van der Waals surface area contributed by atoms with Gasteiger partial charge in [-0.3, -0.25) is 0 Å². The number of fused-ring (bicyclic) bond motifs is 1. The van der Waals surface area contributed by atoms with Crippen LogP contribution in [0.4, 0.5) is 0 Å². The Morgan fingerprint density at radius 1 is 1.24 bits per heavy atom. The van der Waals surface area contributed by atoms with Crippen LogP contribution in [0, 0.1) is 0 Å². The molecular weight excluding hydrogens is 234 g/mol. The fourth-order valence-corrected chi connectivity index (χ4v) is 3.24. The van der Waals surface area contributed by atoms with Crippen LogP contribution in [-0.4, -0.2) is 27.0 Å². The minimum Gasteiger partial charge on any atom is -0.493 e. The van der Waals surface area contributed by atoms with Crippen molar-refractivity contribution in [2.45, 2.75) is 18.2 Å². The molecule has 1 aliphatic heterocycles. The maximum Gasteiger partial charge on any atom is 0.161 e. The molecule has 0 aliphatic carbocycles. The molecule has 0 spiro atoms. The smallest absolute Gasteiger partial charge is 0.161 e. The molecule has 1 aromatic carbocycles. The maximum atomic E-state index is 5.38. The highest BCUT2D eigenvalue weighted by Gasteiger charge is 2.20. The Labute approximate surface area is 107 Å². The van der Waals surface area contributed by atoms with Crippen molar-refractivity contribution in [3.05, 3.63) is 23.3 Å². The highest BCUT2D eigenvalue weighted by molar-refractivity contribution is 7.98. The van der Waals surface area contributed by atoms with Crippen LogP contribution in [0.25, 0.3) is 0 Å². The average molecular weight is 253 g/mol. The van der Waals surface area contributed by atoms with Crippen LogP contribution in [0.15, 0.2) is 12.1 Å². The Hall–Kier alpha value is -0.870. The van der Waals surface area contributed by atoms with Gasteiger partial charge in [0.15, 0.2) is 11.5 Å². The van der Waals surface area contributed by atoms with Crippen LogP contribution >= 0.6 is 11.8 Å². The predicted octanol–water partition coefficient (Wildman–Crippen LogP) is 2.60. The molecule has 1 atom stereocenters. The maximum absolute atomic E-state index is 5.38. The van der Waals surface area contributed by atoms with Crippen LogP contribution in [-0.2, 0) is 5.75 Å². The number of thioether (sulfide) groups is 1. The molecule has 94 valence electrons. The molecule has 1 aromatic rings. The summed E-state index contributed by atoms with van der Waals surface area (Å²) in [5, 5.41) is 3.38. The standard InChI is InChI=1S/C13H19NO2S/c1-14-11-4-5-17-8-9-6-12(15-2)13(16-3)7-10(9)11/h6-7,11,14H,4-5,8H2,1-3H3. The van der Waals surface area contributed by atoms with Crippen molar-refractivity contribution in [2.24, 2.45) is 0 Å². The molecule has 0 radical (unpaired) electrons. The number of benzene rings is 1. The van der Waals surface area contributed by atoms with E-state index in [1.807, 2.05) is 18.8 Å². The first kappa shape index (κ1) is 12.6. The lowest BCUT2D eigenvalue weighted by Crippen LogP contribution is -2.17. The number of rotatable bonds is 3. The van der Waals surface area contributed by atoms with E-state index < -0.39 is 0 Å². The zero-order valence-electron chi connectivity index (χ0n) is 10.6. The normalized spacial score (nSPS) is 19.4. The molecule has 0 amide bonds. The Bertz CT molecular complexity index is 395. The van der Waals surface area contributed by atoms with Crippen molar-refractivity contribution in [3.63, 3.8) is 0 Å². The monoisotopic (exact) mass is 253 g/mol. The van der Waals surface area contributed by atoms with Crippen LogP contribution in [0.2, 0.25) is 0 Å². The van der Waals surface area contributed by atoms with E-state index in [1.54, 1.807) is 14.2 Å². The minimum absolute atomic E-state index is 0.416. The van der Waals surface area contributed by atoms with E-state index in [9.17, 15) is 0 Å². The molecule has 0 fully saturated rings. The summed E-state index contributed by atoms with van der Waals surface area (Å²) in [6.07, 6.45) is 1.16. The summed E-state index contributed by atoms with van der Waals surface area (Å²) in [6, 6.07) is 4.64. The van der Waals surface area contributed by atoms with Crippen molar-refractivity contribution in [2.75, 3.05) is 27.0 Å². The van der Waals surface area contributed by atoms with Gasteiger partial charge >= 0.3 is 0 Å². The molecule has 0 bridgehead atoms. The van der Waals surface area contributed by atoms with Gasteiger partial charge in [0.1, 0.15) is 0 Å². The average Bonchev–Trinajstić information content (AvgIpc) is 2.58. The van der Waals surface area contributed by atoms with Crippen LogP contribution in [0.5, 0.6) is 11.5 Å². The fraction of sp³-hybridized carbons (Fsp3) is 0.538. The Kier molecular flexibility index (Phi) is 4.18. The summed E-state index contributed by atoms with van der Waals surface area (Å²) >= 11 is 1.97. The third kappa shape index (κ3) is 2.53. The second-order valence-corrected chi connectivity index (χ2v) is 5.19. The molecule has 4 heteroatoms. The van der Waals surface area contributed by atoms with Crippen molar-refractivity contribution in [3.8, 4) is 11.5 Å². The first-order chi connectivity index (χ1) is 8.30. The van der Waals surface area contributed by atoms with Gasteiger partial charge in [0, 0.05) is 11.8 Å². The van der Waals surface area contributed by atoms with E-state index in [0.29, 0.717) is 6.04 Å². The summed E-state index contributed by atoms with van der Waals surface area (Å²) < 4.78 is 10.7. The first-order valence-corrected chi connectivity index (χ1v) is 6.95. The second kappa shape index (κ2) is 5.65. The Morgan fingerprint density at radius 3 is 2.59 bits per heavy atom. The lowest BCUT2D eigenvalue weighted by Gasteiger charge is -2.19. The van der Waals surface area contributed by atoms with Gasteiger partial charge in [0.2, 0.25) is 0 Å². The molecule has 1 unspecified atom stereocenters. The molecular formula is C13H19NO2S. The van der Waals surface area contributed by atoms with Gasteiger partial charge in [-0.05, 0) is 42.5 Å². The van der Waals surface area contributed by atoms with E-state index in [0.717, 1.165) is 23.7 Å². The summed E-state index contributed by atoms with van der Waals surface area (Å²) in [7, 11) is 5.38. The number of hydrogen-bond donors (Lipinski definition) is 1. The molecule has 0 saturated carbocycles. The molecule has 17 heavy (non-hydrogen) atoms. The third-order valence-corrected chi connectivity index (χ3v) is 4.22. The van der Waals surface area contributed by atoms with E-state index in [4.69, 9.17) is 9.47 Å². The summed E-state index contributed by atoms with van der Waals surface area (Å²) in [4.78, 5) is 0. The van der Waals surface area contributed by atoms with Gasteiger partial charge in [-0.25, -0.2) is 0 Å². The molecule has 1 heterocycles. The summed E-state index contributed by atoms with van der Waals surface area (Å²) in [5.41, 5.74) is 2.69. The van der Waals surface area contributed by atoms with Crippen molar-refractivity contribution in [1.82, 2.24) is 5.32 Å². The molecule has 0 saturated heterocycles. The largest absolute Gasteiger partial charge is 0.493 e. The van der Waals surface area contributed by atoms with Crippen molar-refractivity contribution < 1.29 is 9.47 Å². The van der Waals surface area contributed by atoms with E-state index >= 15 is 0 Å². The minimum atomic E-state index is 0.416. The summed E-state index contributed by atoms with van der Waals surface area (Å²) in [6.45, 7) is 0. The predicted molar refractivity (Wildman–Crippen MR) is 72.1 cm³/mol. The SMILES string of the molecule is CNC1CCSCc2cc(OC)c(OC)cc21. The van der Waals surface area contributed by atoms with Crippen LogP contribution < -0.4 is 14.8 Å². The molecule has 1 aliphatic rings. The number of methoxy groups -OCH3 is 2. The first-order valence-electron chi connectivity index (χ1n) is 5.80. The Morgan fingerprint density at radius 2 is 1.94 bits per heavy atom. The van der Waals surface area contributed by atoms with Crippen molar-refractivity contribution in [1.29, 1.82) is 0 Å². The zero-order chi connectivity index (χ0) is 12.3.